The van der Waals surface area contributed by atoms with Gasteiger partial charge in [0.2, 0.25) is 0 Å². The molecule has 0 spiro atoms. The molecule has 110 valence electrons. The lowest BCUT2D eigenvalue weighted by Crippen LogP contribution is -2.23. The van der Waals surface area contributed by atoms with Crippen LogP contribution in [-0.2, 0) is 21.1 Å². The molecule has 0 bridgehead atoms. The van der Waals surface area contributed by atoms with Crippen molar-refractivity contribution >= 4 is 31.4 Å². The monoisotopic (exact) mass is 315 g/mol. The normalized spacial score (nSPS) is 12.1. The number of thiazole rings is 1. The fraction of sp³-hybridized carbons (Fsp3) is 0.462. The van der Waals surface area contributed by atoms with Crippen molar-refractivity contribution in [2.45, 2.75) is 13.5 Å². The molecule has 0 amide bonds. The minimum atomic E-state index is -3.20. The third-order valence-corrected chi connectivity index (χ3v) is 5.65. The van der Waals surface area contributed by atoms with Crippen molar-refractivity contribution in [3.8, 4) is 0 Å². The van der Waals surface area contributed by atoms with Gasteiger partial charge in [0, 0.05) is 13.7 Å². The summed E-state index contributed by atoms with van der Waals surface area (Å²) in [6.07, 6.45) is 0. The molecule has 0 aliphatic rings. The van der Waals surface area contributed by atoms with Gasteiger partial charge in [0.1, 0.15) is 0 Å². The topological polar surface area (TPSA) is 65.4 Å². The lowest BCUT2D eigenvalue weighted by Gasteiger charge is -2.07. The zero-order valence-corrected chi connectivity index (χ0v) is 13.1. The number of fused-ring (bicyclic) bond motifs is 1. The highest BCUT2D eigenvalue weighted by atomic mass is 32.2. The molecule has 0 saturated heterocycles. The van der Waals surface area contributed by atoms with Crippen molar-refractivity contribution in [2.24, 2.45) is 0 Å². The van der Waals surface area contributed by atoms with Gasteiger partial charge in [0.15, 0.2) is 9.84 Å². The van der Waals surface area contributed by atoms with Crippen LogP contribution in [0.3, 0.4) is 0 Å². The van der Waals surface area contributed by atoms with Gasteiger partial charge < -0.3 is 4.74 Å². The molecule has 1 aromatic carbocycles. The zero-order chi connectivity index (χ0) is 14.8. The van der Waals surface area contributed by atoms with Gasteiger partial charge in [0.25, 0.3) is 0 Å². The van der Waals surface area contributed by atoms with E-state index in [1.807, 2.05) is 25.1 Å². The van der Waals surface area contributed by atoms with Crippen molar-refractivity contribution in [3.63, 3.8) is 0 Å². The highest BCUT2D eigenvalue weighted by Gasteiger charge is 2.14. The number of aryl methyl sites for hydroxylation is 2. The maximum absolute atomic E-state index is 12.0. The summed E-state index contributed by atoms with van der Waals surface area (Å²) in [5.41, 5.74) is 1.82. The number of rotatable bonds is 6. The number of sulfone groups is 1. The third-order valence-electron chi connectivity index (χ3n) is 3.11. The molecule has 5 nitrogen and oxygen atoms in total. The van der Waals surface area contributed by atoms with Gasteiger partial charge in [0.05, 0.1) is 28.3 Å². The fourth-order valence-corrected chi connectivity index (χ4v) is 4.13. The molecular formula is C13H17NO4S2. The Balaban J connectivity index is 2.27. The van der Waals surface area contributed by atoms with Gasteiger partial charge in [-0.1, -0.05) is 23.5 Å². The summed E-state index contributed by atoms with van der Waals surface area (Å²) < 4.78 is 30.9. The quantitative estimate of drug-likeness (QED) is 0.809. The predicted octanol–water partition coefficient (Wildman–Crippen LogP) is 1.43. The summed E-state index contributed by atoms with van der Waals surface area (Å²) in [6.45, 7) is 2.29. The number of para-hydroxylation sites is 1. The SMILES string of the molecule is COCCS(=O)(=O)CCn1c(=O)sc2cccc(C)c21. The summed E-state index contributed by atoms with van der Waals surface area (Å²) in [5.74, 6) is -0.0598. The van der Waals surface area contributed by atoms with Gasteiger partial charge >= 0.3 is 4.87 Å². The molecule has 0 fully saturated rings. The summed E-state index contributed by atoms with van der Waals surface area (Å²) >= 11 is 1.15. The highest BCUT2D eigenvalue weighted by Crippen LogP contribution is 2.20. The standard InChI is InChI=1S/C13H17NO4S2/c1-10-4-3-5-11-12(10)14(13(15)19-11)6-8-20(16,17)9-7-18-2/h3-5H,6-9H2,1-2H3. The lowest BCUT2D eigenvalue weighted by molar-refractivity contribution is 0.217. The van der Waals surface area contributed by atoms with Crippen molar-refractivity contribution in [1.82, 2.24) is 4.57 Å². The first kappa shape index (κ1) is 15.2. The average molecular weight is 315 g/mol. The Morgan fingerprint density at radius 1 is 1.30 bits per heavy atom. The number of methoxy groups -OCH3 is 1. The maximum Gasteiger partial charge on any atom is 0.308 e. The fourth-order valence-electron chi connectivity index (χ4n) is 2.05. The van der Waals surface area contributed by atoms with E-state index in [0.29, 0.717) is 0 Å². The Labute approximate surface area is 121 Å². The van der Waals surface area contributed by atoms with Crippen molar-refractivity contribution in [2.75, 3.05) is 25.2 Å². The molecule has 0 unspecified atom stereocenters. The van der Waals surface area contributed by atoms with E-state index < -0.39 is 9.84 Å². The molecule has 0 saturated carbocycles. The van der Waals surface area contributed by atoms with E-state index in [2.05, 4.69) is 0 Å². The lowest BCUT2D eigenvalue weighted by atomic mass is 10.2. The molecular weight excluding hydrogens is 298 g/mol. The average Bonchev–Trinajstić information content (AvgIpc) is 2.71. The zero-order valence-electron chi connectivity index (χ0n) is 11.5. The van der Waals surface area contributed by atoms with E-state index in [1.54, 1.807) is 4.57 Å². The molecule has 0 radical (unpaired) electrons. The molecule has 2 rings (SSSR count). The molecule has 7 heteroatoms. The van der Waals surface area contributed by atoms with E-state index in [-0.39, 0.29) is 29.5 Å². The van der Waals surface area contributed by atoms with Gasteiger partial charge in [-0.25, -0.2) is 8.42 Å². The van der Waals surface area contributed by atoms with Gasteiger partial charge in [-0.2, -0.15) is 0 Å². The number of ether oxygens (including phenoxy) is 1. The van der Waals surface area contributed by atoms with Crippen LogP contribution in [0.25, 0.3) is 10.2 Å². The van der Waals surface area contributed by atoms with Crippen LogP contribution >= 0.6 is 11.3 Å². The summed E-state index contributed by atoms with van der Waals surface area (Å²) in [6, 6.07) is 5.70. The second-order valence-corrected chi connectivity index (χ2v) is 7.88. The first-order chi connectivity index (χ1) is 9.44. The molecule has 0 aliphatic heterocycles. The minimum Gasteiger partial charge on any atom is -0.384 e. The van der Waals surface area contributed by atoms with Gasteiger partial charge in [-0.05, 0) is 18.6 Å². The Kier molecular flexibility index (Phi) is 4.62. The number of nitrogens with zero attached hydrogens (tertiary/aromatic N) is 1. The van der Waals surface area contributed by atoms with Gasteiger partial charge in [-0.3, -0.25) is 9.36 Å². The predicted molar refractivity (Wildman–Crippen MR) is 81.4 cm³/mol. The number of benzene rings is 1. The van der Waals surface area contributed by atoms with Crippen LogP contribution in [0.4, 0.5) is 0 Å². The Morgan fingerprint density at radius 3 is 2.75 bits per heavy atom. The largest absolute Gasteiger partial charge is 0.384 e. The van der Waals surface area contributed by atoms with Crippen molar-refractivity contribution in [3.05, 3.63) is 33.4 Å². The van der Waals surface area contributed by atoms with Crippen LogP contribution in [0.1, 0.15) is 5.56 Å². The number of hydrogen-bond acceptors (Lipinski definition) is 5. The van der Waals surface area contributed by atoms with E-state index in [9.17, 15) is 13.2 Å². The summed E-state index contributed by atoms with van der Waals surface area (Å²) in [5, 5.41) is 0. The molecule has 0 N–H and O–H groups in total. The van der Waals surface area contributed by atoms with Crippen molar-refractivity contribution < 1.29 is 13.2 Å². The second-order valence-electron chi connectivity index (χ2n) is 4.59. The number of hydrogen-bond donors (Lipinski definition) is 0. The van der Waals surface area contributed by atoms with Crippen LogP contribution in [-0.4, -0.2) is 38.2 Å². The van der Waals surface area contributed by atoms with E-state index in [4.69, 9.17) is 4.74 Å². The molecule has 1 aromatic heterocycles. The maximum atomic E-state index is 12.0. The van der Waals surface area contributed by atoms with Crippen LogP contribution < -0.4 is 4.87 Å². The smallest absolute Gasteiger partial charge is 0.308 e. The first-order valence-corrected chi connectivity index (χ1v) is 8.87. The molecule has 20 heavy (non-hydrogen) atoms. The Morgan fingerprint density at radius 2 is 2.05 bits per heavy atom. The van der Waals surface area contributed by atoms with Crippen LogP contribution in [0.2, 0.25) is 0 Å². The molecule has 0 atom stereocenters. The molecule has 0 aliphatic carbocycles. The molecule has 1 heterocycles. The summed E-state index contributed by atoms with van der Waals surface area (Å²) in [4.78, 5) is 11.9. The van der Waals surface area contributed by atoms with Crippen molar-refractivity contribution in [1.29, 1.82) is 0 Å². The Hall–Kier alpha value is -1.18. The van der Waals surface area contributed by atoms with E-state index in [1.165, 1.54) is 7.11 Å². The van der Waals surface area contributed by atoms with E-state index in [0.717, 1.165) is 27.1 Å². The summed E-state index contributed by atoms with van der Waals surface area (Å²) in [7, 11) is -1.73. The van der Waals surface area contributed by atoms with Crippen LogP contribution in [0.5, 0.6) is 0 Å². The second kappa shape index (κ2) is 6.07. The first-order valence-electron chi connectivity index (χ1n) is 6.23. The minimum absolute atomic E-state index is 0.0146. The number of aromatic nitrogens is 1. The van der Waals surface area contributed by atoms with Gasteiger partial charge in [-0.15, -0.1) is 0 Å². The highest BCUT2D eigenvalue weighted by molar-refractivity contribution is 7.91. The van der Waals surface area contributed by atoms with E-state index >= 15 is 0 Å². The van der Waals surface area contributed by atoms with Crippen LogP contribution in [0, 0.1) is 6.92 Å². The van der Waals surface area contributed by atoms with Crippen LogP contribution in [0.15, 0.2) is 23.0 Å². The molecule has 2 aromatic rings. The third kappa shape index (κ3) is 3.28. The Bertz CT molecular complexity index is 758.